The molecule has 0 bridgehead atoms. The summed E-state index contributed by atoms with van der Waals surface area (Å²) in [7, 11) is 0. The lowest BCUT2D eigenvalue weighted by atomic mass is 10.0. The highest BCUT2D eigenvalue weighted by molar-refractivity contribution is 6.06. The molecule has 0 aromatic carbocycles. The minimum Gasteiger partial charge on any atom is -0.464 e. The van der Waals surface area contributed by atoms with Gasteiger partial charge in [-0.05, 0) is 0 Å². The molecule has 4 rings (SSSR count). The number of esters is 1. The van der Waals surface area contributed by atoms with Gasteiger partial charge < -0.3 is 25.1 Å². The van der Waals surface area contributed by atoms with E-state index in [1.54, 1.807) is 24.3 Å². The van der Waals surface area contributed by atoms with Gasteiger partial charge in [-0.3, -0.25) is 14.7 Å². The number of alkyl halides is 2. The summed E-state index contributed by atoms with van der Waals surface area (Å²) in [6.07, 6.45) is 5.32. The van der Waals surface area contributed by atoms with Crippen molar-refractivity contribution in [2.75, 3.05) is 54.6 Å². The van der Waals surface area contributed by atoms with E-state index in [2.05, 4.69) is 20.3 Å². The zero-order valence-electron chi connectivity index (χ0n) is 18.1. The molecule has 3 heterocycles. The van der Waals surface area contributed by atoms with E-state index in [0.717, 1.165) is 6.21 Å². The van der Waals surface area contributed by atoms with Crippen molar-refractivity contribution in [3.8, 4) is 0 Å². The summed E-state index contributed by atoms with van der Waals surface area (Å²) in [4.78, 5) is 27.8. The Bertz CT molecular complexity index is 992. The minimum atomic E-state index is -2.82. The Morgan fingerprint density at radius 3 is 2.79 bits per heavy atom. The van der Waals surface area contributed by atoms with Crippen molar-refractivity contribution >= 4 is 35.6 Å². The van der Waals surface area contributed by atoms with Crippen molar-refractivity contribution < 1.29 is 23.0 Å². The molecular formula is C21H25F2N7O3. The zero-order valence-corrected chi connectivity index (χ0v) is 18.1. The molecule has 1 aromatic heterocycles. The standard InChI is InChI=1S/C21H25F2N7O3/c1-13(31)33-9-6-25-18-14(12-24)19(28-21(27-18)29-7-10-32-11-8-29)30-16-5-3-2-4-15(16)26-20(30)17(22)23/h2-5,12,15-17,24H,6-11H2,1H3,(H,25,27,28). The van der Waals surface area contributed by atoms with Crippen molar-refractivity contribution in [2.24, 2.45) is 4.99 Å². The van der Waals surface area contributed by atoms with Crippen molar-refractivity contribution in [2.45, 2.75) is 25.4 Å². The van der Waals surface area contributed by atoms with Gasteiger partial charge in [0.25, 0.3) is 6.43 Å². The van der Waals surface area contributed by atoms with E-state index in [1.165, 1.54) is 11.8 Å². The molecule has 2 atom stereocenters. The van der Waals surface area contributed by atoms with Gasteiger partial charge in [-0.25, -0.2) is 8.78 Å². The first-order valence-corrected chi connectivity index (χ1v) is 10.6. The van der Waals surface area contributed by atoms with E-state index in [-0.39, 0.29) is 30.4 Å². The molecule has 0 spiro atoms. The molecule has 1 fully saturated rings. The SMILES string of the molecule is CC(=O)OCCNc1nc(N2CCOCC2)nc(N2C(C(F)F)=NC3C=CC=CC32)c1C=N. The van der Waals surface area contributed by atoms with Crippen molar-refractivity contribution in [1.82, 2.24) is 9.97 Å². The van der Waals surface area contributed by atoms with Gasteiger partial charge in [0.05, 0.1) is 37.4 Å². The molecule has 0 saturated carbocycles. The number of nitrogens with zero attached hydrogens (tertiary/aromatic N) is 5. The average Bonchev–Trinajstić information content (AvgIpc) is 3.21. The highest BCUT2D eigenvalue weighted by atomic mass is 19.3. The Balaban J connectivity index is 1.76. The van der Waals surface area contributed by atoms with E-state index >= 15 is 0 Å². The van der Waals surface area contributed by atoms with Crippen LogP contribution >= 0.6 is 0 Å². The number of morpholine rings is 1. The number of hydrogen-bond acceptors (Lipinski definition) is 10. The second-order valence-electron chi connectivity index (χ2n) is 7.53. The molecule has 1 aromatic rings. The van der Waals surface area contributed by atoms with Gasteiger partial charge in [-0.1, -0.05) is 24.3 Å². The molecule has 3 aliphatic rings. The fraction of sp³-hybridized carbons (Fsp3) is 0.476. The zero-order chi connectivity index (χ0) is 23.4. The summed E-state index contributed by atoms with van der Waals surface area (Å²) in [5.41, 5.74) is 0.242. The van der Waals surface area contributed by atoms with Gasteiger partial charge in [-0.2, -0.15) is 9.97 Å². The average molecular weight is 461 g/mol. The van der Waals surface area contributed by atoms with Gasteiger partial charge in [0.15, 0.2) is 11.7 Å². The molecule has 2 unspecified atom stereocenters. The summed E-state index contributed by atoms with van der Waals surface area (Å²) in [5, 5.41) is 11.1. The highest BCUT2D eigenvalue weighted by Crippen LogP contribution is 2.35. The number of ether oxygens (including phenoxy) is 2. The van der Waals surface area contributed by atoms with Crippen LogP contribution in [-0.4, -0.2) is 86.0 Å². The van der Waals surface area contributed by atoms with Crippen LogP contribution in [0.15, 0.2) is 29.3 Å². The smallest absolute Gasteiger partial charge is 0.302 e. The Morgan fingerprint density at radius 2 is 2.09 bits per heavy atom. The maximum atomic E-state index is 14.0. The monoisotopic (exact) mass is 461 g/mol. The molecule has 1 aliphatic carbocycles. The number of aromatic nitrogens is 2. The number of amidine groups is 1. The summed E-state index contributed by atoms with van der Waals surface area (Å²) in [6, 6.07) is -0.959. The first kappa shape index (κ1) is 22.8. The van der Waals surface area contributed by atoms with Crippen LogP contribution in [0.25, 0.3) is 0 Å². The third-order valence-electron chi connectivity index (χ3n) is 5.38. The normalized spacial score (nSPS) is 21.8. The molecule has 1 saturated heterocycles. The van der Waals surface area contributed by atoms with Gasteiger partial charge in [0.1, 0.15) is 12.4 Å². The van der Waals surface area contributed by atoms with Gasteiger partial charge in [0.2, 0.25) is 5.95 Å². The molecule has 2 aliphatic heterocycles. The van der Waals surface area contributed by atoms with Crippen molar-refractivity contribution in [3.63, 3.8) is 0 Å². The third-order valence-corrected chi connectivity index (χ3v) is 5.38. The second-order valence-corrected chi connectivity index (χ2v) is 7.53. The number of carbonyl (C=O) groups excluding carboxylic acids is 1. The predicted octanol–water partition coefficient (Wildman–Crippen LogP) is 1.63. The number of carbonyl (C=O) groups is 1. The number of hydrogen-bond donors (Lipinski definition) is 2. The van der Waals surface area contributed by atoms with E-state index < -0.39 is 30.3 Å². The summed E-state index contributed by atoms with van der Waals surface area (Å²) in [6.45, 7) is 3.69. The van der Waals surface area contributed by atoms with Crippen molar-refractivity contribution in [3.05, 3.63) is 29.9 Å². The predicted molar refractivity (Wildman–Crippen MR) is 120 cm³/mol. The lowest BCUT2D eigenvalue weighted by Crippen LogP contribution is -2.43. The van der Waals surface area contributed by atoms with Crippen LogP contribution in [0, 0.1) is 5.41 Å². The number of anilines is 3. The lowest BCUT2D eigenvalue weighted by Gasteiger charge is -2.32. The molecule has 2 N–H and O–H groups in total. The molecule has 10 nitrogen and oxygen atoms in total. The molecule has 0 amide bonds. The first-order chi connectivity index (χ1) is 16.0. The lowest BCUT2D eigenvalue weighted by molar-refractivity contribution is -0.140. The summed E-state index contributed by atoms with van der Waals surface area (Å²) >= 11 is 0. The maximum absolute atomic E-state index is 14.0. The Morgan fingerprint density at radius 1 is 1.33 bits per heavy atom. The topological polar surface area (TPSA) is 116 Å². The van der Waals surface area contributed by atoms with Crippen LogP contribution in [0.2, 0.25) is 0 Å². The van der Waals surface area contributed by atoms with Crippen LogP contribution in [0.5, 0.6) is 0 Å². The number of rotatable bonds is 8. The van der Waals surface area contributed by atoms with Crippen LogP contribution < -0.4 is 15.1 Å². The third kappa shape index (κ3) is 4.85. The molecule has 0 radical (unpaired) electrons. The Kier molecular flexibility index (Phi) is 6.92. The second kappa shape index (κ2) is 10.0. The molecular weight excluding hydrogens is 436 g/mol. The minimum absolute atomic E-state index is 0.0880. The summed E-state index contributed by atoms with van der Waals surface area (Å²) in [5.74, 6) is -0.0263. The summed E-state index contributed by atoms with van der Waals surface area (Å²) < 4.78 is 38.4. The van der Waals surface area contributed by atoms with Crippen LogP contribution in [0.3, 0.4) is 0 Å². The largest absolute Gasteiger partial charge is 0.464 e. The highest BCUT2D eigenvalue weighted by Gasteiger charge is 2.41. The van der Waals surface area contributed by atoms with E-state index in [0.29, 0.717) is 32.3 Å². The first-order valence-electron chi connectivity index (χ1n) is 10.6. The van der Waals surface area contributed by atoms with E-state index in [4.69, 9.17) is 14.9 Å². The van der Waals surface area contributed by atoms with E-state index in [9.17, 15) is 13.6 Å². The number of allylic oxidation sites excluding steroid dienone is 2. The van der Waals surface area contributed by atoms with Crippen LogP contribution in [0.1, 0.15) is 12.5 Å². The van der Waals surface area contributed by atoms with Gasteiger partial charge in [-0.15, -0.1) is 0 Å². The quantitative estimate of drug-likeness (QED) is 0.341. The van der Waals surface area contributed by atoms with Gasteiger partial charge in [0, 0.05) is 26.2 Å². The van der Waals surface area contributed by atoms with Crippen molar-refractivity contribution in [1.29, 1.82) is 5.41 Å². The molecule has 176 valence electrons. The van der Waals surface area contributed by atoms with Crippen LogP contribution in [-0.2, 0) is 14.3 Å². The fourth-order valence-electron chi connectivity index (χ4n) is 3.89. The number of nitrogens with one attached hydrogen (secondary N) is 2. The number of fused-ring (bicyclic) bond motifs is 1. The molecule has 33 heavy (non-hydrogen) atoms. The van der Waals surface area contributed by atoms with E-state index in [1.807, 2.05) is 4.90 Å². The fourth-order valence-corrected chi connectivity index (χ4v) is 3.89. The number of halogens is 2. The van der Waals surface area contributed by atoms with Gasteiger partial charge >= 0.3 is 5.97 Å². The maximum Gasteiger partial charge on any atom is 0.302 e. The Labute approximate surface area is 189 Å². The van der Waals surface area contributed by atoms with Crippen LogP contribution in [0.4, 0.5) is 26.4 Å². The number of aliphatic imine (C=N–C) groups is 1. The molecule has 12 heteroatoms. The Hall–Kier alpha value is -3.41.